The molecular weight excluding hydrogens is 298 g/mol. The maximum atomic E-state index is 12.1. The minimum absolute atomic E-state index is 0.132. The Morgan fingerprint density at radius 3 is 2.68 bits per heavy atom. The first-order valence-corrected chi connectivity index (χ1v) is 9.47. The minimum atomic E-state index is -0.841. The summed E-state index contributed by atoms with van der Waals surface area (Å²) in [6.07, 6.45) is 1.49. The molecule has 1 heterocycles. The van der Waals surface area contributed by atoms with E-state index in [2.05, 4.69) is 29.5 Å². The van der Waals surface area contributed by atoms with Crippen molar-refractivity contribution >= 4 is 16.8 Å². The van der Waals surface area contributed by atoms with Crippen LogP contribution in [0.5, 0.6) is 0 Å². The van der Waals surface area contributed by atoms with Crippen LogP contribution in [0.3, 0.4) is 0 Å². The van der Waals surface area contributed by atoms with Crippen LogP contribution in [0.2, 0.25) is 0 Å². The fourth-order valence-corrected chi connectivity index (χ4v) is 4.43. The van der Waals surface area contributed by atoms with Gasteiger partial charge in [-0.15, -0.1) is 0 Å². The second kappa shape index (κ2) is 6.48. The van der Waals surface area contributed by atoms with Gasteiger partial charge in [0, 0.05) is 58.9 Å². The van der Waals surface area contributed by atoms with E-state index in [9.17, 15) is 4.21 Å². The van der Waals surface area contributed by atoms with E-state index in [1.807, 2.05) is 20.8 Å². The molecule has 1 aliphatic carbocycles. The SMILES string of the molecule is CN=C(NCCS(=O)C(C)(C)C)NC1C2CCOC2C1(C)C. The van der Waals surface area contributed by atoms with Crippen molar-refractivity contribution in [1.29, 1.82) is 0 Å². The van der Waals surface area contributed by atoms with Crippen molar-refractivity contribution in [3.8, 4) is 0 Å². The number of aliphatic imine (C=N–C) groups is 1. The molecule has 1 saturated carbocycles. The van der Waals surface area contributed by atoms with Crippen molar-refractivity contribution < 1.29 is 8.95 Å². The Kier molecular flexibility index (Phi) is 5.22. The zero-order chi connectivity index (χ0) is 16.5. The van der Waals surface area contributed by atoms with Crippen LogP contribution in [0, 0.1) is 11.3 Å². The molecule has 4 atom stereocenters. The molecule has 0 aromatic carbocycles. The Morgan fingerprint density at radius 2 is 2.09 bits per heavy atom. The molecule has 0 spiro atoms. The zero-order valence-electron chi connectivity index (χ0n) is 14.7. The third-order valence-electron chi connectivity index (χ3n) is 4.88. The molecular formula is C16H31N3O2S. The lowest BCUT2D eigenvalue weighted by molar-refractivity contribution is -0.106. The average molecular weight is 330 g/mol. The van der Waals surface area contributed by atoms with Crippen molar-refractivity contribution in [2.75, 3.05) is 26.0 Å². The molecule has 0 amide bonds. The smallest absolute Gasteiger partial charge is 0.191 e. The molecule has 2 fully saturated rings. The van der Waals surface area contributed by atoms with Gasteiger partial charge in [-0.1, -0.05) is 13.8 Å². The van der Waals surface area contributed by atoms with Gasteiger partial charge in [0.2, 0.25) is 0 Å². The lowest BCUT2D eigenvalue weighted by Crippen LogP contribution is -2.68. The fourth-order valence-electron chi connectivity index (χ4n) is 3.53. The first kappa shape index (κ1) is 17.7. The molecule has 5 nitrogen and oxygen atoms in total. The van der Waals surface area contributed by atoms with Crippen molar-refractivity contribution in [2.45, 2.75) is 57.9 Å². The third kappa shape index (κ3) is 3.48. The van der Waals surface area contributed by atoms with Gasteiger partial charge in [-0.3, -0.25) is 9.20 Å². The summed E-state index contributed by atoms with van der Waals surface area (Å²) in [5.74, 6) is 2.01. The quantitative estimate of drug-likeness (QED) is 0.606. The minimum Gasteiger partial charge on any atom is -0.377 e. The van der Waals surface area contributed by atoms with Crippen molar-refractivity contribution in [3.05, 3.63) is 0 Å². The molecule has 1 aliphatic heterocycles. The molecule has 2 aliphatic rings. The molecule has 6 heteroatoms. The van der Waals surface area contributed by atoms with E-state index in [1.54, 1.807) is 7.05 Å². The summed E-state index contributed by atoms with van der Waals surface area (Å²) in [6, 6.07) is 0.388. The number of guanidine groups is 1. The second-order valence-electron chi connectivity index (χ2n) is 7.85. The van der Waals surface area contributed by atoms with Crippen LogP contribution >= 0.6 is 0 Å². The normalized spacial score (nSPS) is 32.1. The number of hydrogen-bond acceptors (Lipinski definition) is 3. The lowest BCUT2D eigenvalue weighted by Gasteiger charge is -2.54. The van der Waals surface area contributed by atoms with Gasteiger partial charge in [0.05, 0.1) is 6.10 Å². The topological polar surface area (TPSA) is 62.7 Å². The van der Waals surface area contributed by atoms with Gasteiger partial charge in [0.15, 0.2) is 5.96 Å². The Balaban J connectivity index is 1.82. The Hall–Kier alpha value is -0.620. The van der Waals surface area contributed by atoms with Crippen molar-refractivity contribution in [2.24, 2.45) is 16.3 Å². The molecule has 0 bridgehead atoms. The van der Waals surface area contributed by atoms with E-state index >= 15 is 0 Å². The third-order valence-corrected chi connectivity index (χ3v) is 6.82. The zero-order valence-corrected chi connectivity index (χ0v) is 15.5. The standard InChI is InChI=1S/C16H31N3O2S/c1-15(2,3)22(20)10-8-18-14(17-6)19-12-11-7-9-21-13(11)16(12,4)5/h11-13H,7-10H2,1-6H3,(H2,17,18,19). The van der Waals surface area contributed by atoms with Crippen LogP contribution < -0.4 is 10.6 Å². The maximum Gasteiger partial charge on any atom is 0.191 e. The highest BCUT2D eigenvalue weighted by Gasteiger charge is 2.59. The molecule has 0 aromatic rings. The summed E-state index contributed by atoms with van der Waals surface area (Å²) < 4.78 is 17.7. The van der Waals surface area contributed by atoms with Crippen LogP contribution in [0.25, 0.3) is 0 Å². The highest BCUT2D eigenvalue weighted by Crippen LogP contribution is 2.51. The number of nitrogens with zero attached hydrogens (tertiary/aromatic N) is 1. The maximum absolute atomic E-state index is 12.1. The summed E-state index contributed by atoms with van der Waals surface area (Å²) >= 11 is 0. The van der Waals surface area contributed by atoms with Gasteiger partial charge in [0.25, 0.3) is 0 Å². The number of ether oxygens (including phenoxy) is 1. The number of hydrogen-bond donors (Lipinski definition) is 2. The fraction of sp³-hybridized carbons (Fsp3) is 0.938. The summed E-state index contributed by atoms with van der Waals surface area (Å²) in [5, 5.41) is 6.83. The Labute approximate surface area is 137 Å². The number of fused-ring (bicyclic) bond motifs is 1. The van der Waals surface area contributed by atoms with Gasteiger partial charge in [-0.2, -0.15) is 0 Å². The van der Waals surface area contributed by atoms with Gasteiger partial charge in [-0.25, -0.2) is 0 Å². The van der Waals surface area contributed by atoms with E-state index in [0.717, 1.165) is 19.0 Å². The van der Waals surface area contributed by atoms with Crippen LogP contribution in [-0.2, 0) is 15.5 Å². The Morgan fingerprint density at radius 1 is 1.41 bits per heavy atom. The molecule has 22 heavy (non-hydrogen) atoms. The van der Waals surface area contributed by atoms with Gasteiger partial charge in [0.1, 0.15) is 0 Å². The Bertz CT molecular complexity index is 457. The largest absolute Gasteiger partial charge is 0.377 e. The van der Waals surface area contributed by atoms with E-state index < -0.39 is 10.8 Å². The van der Waals surface area contributed by atoms with Crippen LogP contribution in [0.15, 0.2) is 4.99 Å². The van der Waals surface area contributed by atoms with E-state index in [4.69, 9.17) is 4.74 Å². The average Bonchev–Trinajstić information content (AvgIpc) is 2.87. The van der Waals surface area contributed by atoms with Crippen molar-refractivity contribution in [3.63, 3.8) is 0 Å². The van der Waals surface area contributed by atoms with Crippen LogP contribution in [-0.4, -0.2) is 53.0 Å². The highest BCUT2D eigenvalue weighted by molar-refractivity contribution is 7.86. The number of rotatable bonds is 4. The summed E-state index contributed by atoms with van der Waals surface area (Å²) in [7, 11) is 0.941. The van der Waals surface area contributed by atoms with Gasteiger partial charge >= 0.3 is 0 Å². The predicted octanol–water partition coefficient (Wildman–Crippen LogP) is 1.51. The molecule has 1 saturated heterocycles. The first-order chi connectivity index (χ1) is 10.2. The van der Waals surface area contributed by atoms with E-state index in [-0.39, 0.29) is 10.2 Å². The summed E-state index contributed by atoms with van der Waals surface area (Å²) in [5.41, 5.74) is 0.132. The summed E-state index contributed by atoms with van der Waals surface area (Å²) in [6.45, 7) is 12.1. The molecule has 0 aromatic heterocycles. The molecule has 4 unspecified atom stereocenters. The lowest BCUT2D eigenvalue weighted by atomic mass is 9.57. The van der Waals surface area contributed by atoms with Gasteiger partial charge in [-0.05, 0) is 27.2 Å². The molecule has 128 valence electrons. The molecule has 2 N–H and O–H groups in total. The second-order valence-corrected chi connectivity index (χ2v) is 10.2. The first-order valence-electron chi connectivity index (χ1n) is 8.15. The van der Waals surface area contributed by atoms with E-state index in [0.29, 0.717) is 30.4 Å². The number of nitrogens with one attached hydrogen (secondary N) is 2. The van der Waals surface area contributed by atoms with Crippen molar-refractivity contribution in [1.82, 2.24) is 10.6 Å². The van der Waals surface area contributed by atoms with E-state index in [1.165, 1.54) is 0 Å². The van der Waals surface area contributed by atoms with Crippen LogP contribution in [0.1, 0.15) is 41.0 Å². The molecule has 2 rings (SSSR count). The highest BCUT2D eigenvalue weighted by atomic mass is 32.2. The van der Waals surface area contributed by atoms with Gasteiger partial charge < -0.3 is 15.4 Å². The summed E-state index contributed by atoms with van der Waals surface area (Å²) in [4.78, 5) is 4.30. The molecule has 0 radical (unpaired) electrons. The predicted molar refractivity (Wildman–Crippen MR) is 92.7 cm³/mol. The van der Waals surface area contributed by atoms with Crippen LogP contribution in [0.4, 0.5) is 0 Å². The monoisotopic (exact) mass is 329 g/mol.